The molecule has 1 heterocycles. The van der Waals surface area contributed by atoms with Crippen LogP contribution in [0.5, 0.6) is 5.75 Å². The lowest BCUT2D eigenvalue weighted by molar-refractivity contribution is -0.133. The first-order chi connectivity index (χ1) is 14.0. The first kappa shape index (κ1) is 20.3. The molecule has 0 atom stereocenters. The molecule has 0 radical (unpaired) electrons. The van der Waals surface area contributed by atoms with Crippen LogP contribution in [0.4, 0.5) is 0 Å². The Labute approximate surface area is 170 Å². The zero-order valence-corrected chi connectivity index (χ0v) is 16.8. The predicted molar refractivity (Wildman–Crippen MR) is 111 cm³/mol. The zero-order chi connectivity index (χ0) is 20.8. The number of hydrogen-bond donors (Lipinski definition) is 0. The summed E-state index contributed by atoms with van der Waals surface area (Å²) >= 11 is 0. The molecule has 0 fully saturated rings. The minimum absolute atomic E-state index is 0.276. The third-order valence-electron chi connectivity index (χ3n) is 4.47. The SMILES string of the molecule is CCOc1ccc(CN(C)C(=O)COC(=O)c2cc(C)nc3ccccc23)cc1. The van der Waals surface area contributed by atoms with E-state index in [0.29, 0.717) is 24.1 Å². The Morgan fingerprint density at radius 2 is 1.79 bits per heavy atom. The smallest absolute Gasteiger partial charge is 0.339 e. The maximum atomic E-state index is 12.6. The molecule has 1 aromatic heterocycles. The topological polar surface area (TPSA) is 68.7 Å². The fourth-order valence-electron chi connectivity index (χ4n) is 3.01. The summed E-state index contributed by atoms with van der Waals surface area (Å²) in [6.45, 7) is 4.45. The maximum absolute atomic E-state index is 12.6. The molecule has 0 aliphatic heterocycles. The molecule has 6 heteroatoms. The van der Waals surface area contributed by atoms with Gasteiger partial charge in [-0.25, -0.2) is 4.79 Å². The van der Waals surface area contributed by atoms with Crippen molar-refractivity contribution in [3.8, 4) is 5.75 Å². The van der Waals surface area contributed by atoms with E-state index in [9.17, 15) is 9.59 Å². The van der Waals surface area contributed by atoms with Crippen molar-refractivity contribution in [3.63, 3.8) is 0 Å². The van der Waals surface area contributed by atoms with Gasteiger partial charge < -0.3 is 14.4 Å². The van der Waals surface area contributed by atoms with Gasteiger partial charge in [0.2, 0.25) is 0 Å². The summed E-state index contributed by atoms with van der Waals surface area (Å²) in [5, 5.41) is 0.707. The van der Waals surface area contributed by atoms with E-state index in [1.165, 1.54) is 4.90 Å². The summed E-state index contributed by atoms with van der Waals surface area (Å²) in [5.74, 6) is -0.0177. The fourth-order valence-corrected chi connectivity index (χ4v) is 3.01. The van der Waals surface area contributed by atoms with Crippen molar-refractivity contribution in [3.05, 3.63) is 71.4 Å². The molecule has 3 aromatic rings. The monoisotopic (exact) mass is 392 g/mol. The number of fused-ring (bicyclic) bond motifs is 1. The highest BCUT2D eigenvalue weighted by atomic mass is 16.5. The predicted octanol–water partition coefficient (Wildman–Crippen LogP) is 3.76. The second-order valence-electron chi connectivity index (χ2n) is 6.73. The number of likely N-dealkylation sites (N-methyl/N-ethyl adjacent to an activating group) is 1. The highest BCUT2D eigenvalue weighted by Crippen LogP contribution is 2.19. The third-order valence-corrected chi connectivity index (χ3v) is 4.47. The molecule has 2 aromatic carbocycles. The molecule has 0 saturated heterocycles. The van der Waals surface area contributed by atoms with Crippen molar-refractivity contribution in [2.75, 3.05) is 20.3 Å². The summed E-state index contributed by atoms with van der Waals surface area (Å²) in [4.78, 5) is 30.9. The lowest BCUT2D eigenvalue weighted by Crippen LogP contribution is -2.30. The van der Waals surface area contributed by atoms with E-state index in [2.05, 4.69) is 4.98 Å². The van der Waals surface area contributed by atoms with Gasteiger partial charge in [-0.1, -0.05) is 30.3 Å². The quantitative estimate of drug-likeness (QED) is 0.573. The van der Waals surface area contributed by atoms with Crippen molar-refractivity contribution in [1.82, 2.24) is 9.88 Å². The number of carbonyl (C=O) groups excluding carboxylic acids is 2. The summed E-state index contributed by atoms with van der Waals surface area (Å²) in [7, 11) is 1.68. The van der Waals surface area contributed by atoms with E-state index in [1.54, 1.807) is 13.1 Å². The summed E-state index contributed by atoms with van der Waals surface area (Å²) in [5.41, 5.74) is 2.81. The van der Waals surface area contributed by atoms with E-state index in [1.807, 2.05) is 62.4 Å². The molecular weight excluding hydrogens is 368 g/mol. The van der Waals surface area contributed by atoms with E-state index < -0.39 is 5.97 Å². The average molecular weight is 392 g/mol. The number of rotatable bonds is 7. The Morgan fingerprint density at radius 1 is 1.07 bits per heavy atom. The van der Waals surface area contributed by atoms with Gasteiger partial charge in [0.1, 0.15) is 5.75 Å². The highest BCUT2D eigenvalue weighted by Gasteiger charge is 2.17. The van der Waals surface area contributed by atoms with Crippen LogP contribution >= 0.6 is 0 Å². The number of hydrogen-bond acceptors (Lipinski definition) is 5. The van der Waals surface area contributed by atoms with Gasteiger partial charge in [0.25, 0.3) is 5.91 Å². The summed E-state index contributed by atoms with van der Waals surface area (Å²) in [6, 6.07) is 16.6. The zero-order valence-electron chi connectivity index (χ0n) is 16.8. The number of nitrogens with zero attached hydrogens (tertiary/aromatic N) is 2. The van der Waals surface area contributed by atoms with Crippen LogP contribution in [0, 0.1) is 6.92 Å². The number of carbonyl (C=O) groups is 2. The molecule has 150 valence electrons. The molecule has 1 amide bonds. The summed E-state index contributed by atoms with van der Waals surface area (Å²) in [6.07, 6.45) is 0. The fraction of sp³-hybridized carbons (Fsp3) is 0.261. The first-order valence-electron chi connectivity index (χ1n) is 9.47. The van der Waals surface area contributed by atoms with E-state index in [0.717, 1.165) is 22.5 Å². The average Bonchev–Trinajstić information content (AvgIpc) is 2.72. The number of aryl methyl sites for hydroxylation is 1. The van der Waals surface area contributed by atoms with Gasteiger partial charge in [0, 0.05) is 24.7 Å². The number of para-hydroxylation sites is 1. The van der Waals surface area contributed by atoms with Crippen LogP contribution in [-0.4, -0.2) is 42.0 Å². The van der Waals surface area contributed by atoms with Crippen molar-refractivity contribution in [2.45, 2.75) is 20.4 Å². The number of ether oxygens (including phenoxy) is 2. The molecule has 0 N–H and O–H groups in total. The summed E-state index contributed by atoms with van der Waals surface area (Å²) < 4.78 is 10.7. The van der Waals surface area contributed by atoms with Gasteiger partial charge in [0.05, 0.1) is 17.7 Å². The second kappa shape index (κ2) is 9.19. The lowest BCUT2D eigenvalue weighted by Gasteiger charge is -2.17. The Bertz CT molecular complexity index is 1020. The van der Waals surface area contributed by atoms with Crippen LogP contribution in [-0.2, 0) is 16.1 Å². The van der Waals surface area contributed by atoms with E-state index >= 15 is 0 Å². The molecule has 0 unspecified atom stereocenters. The van der Waals surface area contributed by atoms with Gasteiger partial charge in [-0.3, -0.25) is 9.78 Å². The van der Waals surface area contributed by atoms with Crippen molar-refractivity contribution < 1.29 is 19.1 Å². The second-order valence-corrected chi connectivity index (χ2v) is 6.73. The van der Waals surface area contributed by atoms with Crippen LogP contribution in [0.2, 0.25) is 0 Å². The van der Waals surface area contributed by atoms with Crippen LogP contribution in [0.15, 0.2) is 54.6 Å². The van der Waals surface area contributed by atoms with Gasteiger partial charge in [-0.05, 0) is 43.7 Å². The van der Waals surface area contributed by atoms with Gasteiger partial charge in [-0.15, -0.1) is 0 Å². The minimum atomic E-state index is -0.533. The molecule has 6 nitrogen and oxygen atoms in total. The Morgan fingerprint density at radius 3 is 2.52 bits per heavy atom. The number of aromatic nitrogens is 1. The van der Waals surface area contributed by atoms with Crippen LogP contribution in [0.25, 0.3) is 10.9 Å². The molecule has 0 bridgehead atoms. The molecule has 0 aliphatic rings. The van der Waals surface area contributed by atoms with Gasteiger partial charge in [-0.2, -0.15) is 0 Å². The molecule has 3 rings (SSSR count). The van der Waals surface area contributed by atoms with Crippen molar-refractivity contribution >= 4 is 22.8 Å². The normalized spacial score (nSPS) is 10.6. The Kier molecular flexibility index (Phi) is 6.44. The maximum Gasteiger partial charge on any atom is 0.339 e. The van der Waals surface area contributed by atoms with Crippen molar-refractivity contribution in [1.29, 1.82) is 0 Å². The van der Waals surface area contributed by atoms with E-state index in [4.69, 9.17) is 9.47 Å². The molecule has 0 aliphatic carbocycles. The highest BCUT2D eigenvalue weighted by molar-refractivity contribution is 6.04. The van der Waals surface area contributed by atoms with Gasteiger partial charge in [0.15, 0.2) is 6.61 Å². The largest absolute Gasteiger partial charge is 0.494 e. The molecule has 29 heavy (non-hydrogen) atoms. The van der Waals surface area contributed by atoms with Crippen LogP contribution < -0.4 is 4.74 Å². The van der Waals surface area contributed by atoms with Gasteiger partial charge >= 0.3 is 5.97 Å². The first-order valence-corrected chi connectivity index (χ1v) is 9.47. The molecule has 0 saturated carbocycles. The molecule has 0 spiro atoms. The van der Waals surface area contributed by atoms with Crippen LogP contribution in [0.1, 0.15) is 28.5 Å². The number of benzene rings is 2. The minimum Gasteiger partial charge on any atom is -0.494 e. The Balaban J connectivity index is 1.60. The van der Waals surface area contributed by atoms with E-state index in [-0.39, 0.29) is 12.5 Å². The van der Waals surface area contributed by atoms with Crippen molar-refractivity contribution in [2.24, 2.45) is 0 Å². The Hall–Kier alpha value is -3.41. The third kappa shape index (κ3) is 5.10. The number of esters is 1. The standard InChI is InChI=1S/C23H24N2O4/c1-4-28-18-11-9-17(10-12-18)14-25(3)22(26)15-29-23(27)20-13-16(2)24-21-8-6-5-7-19(20)21/h5-13H,4,14-15H2,1-3H3. The van der Waals surface area contributed by atoms with Crippen LogP contribution in [0.3, 0.4) is 0 Å². The lowest BCUT2D eigenvalue weighted by atomic mass is 10.1. The number of amides is 1. The number of pyridine rings is 1. The molecular formula is C23H24N2O4.